The van der Waals surface area contributed by atoms with Crippen LogP contribution >= 0.6 is 0 Å². The van der Waals surface area contributed by atoms with E-state index in [2.05, 4.69) is 4.98 Å². The van der Waals surface area contributed by atoms with Gasteiger partial charge in [-0.1, -0.05) is 30.3 Å². The first-order valence-corrected chi connectivity index (χ1v) is 10.7. The summed E-state index contributed by atoms with van der Waals surface area (Å²) in [6.45, 7) is 1.65. The first kappa shape index (κ1) is 19.9. The molecule has 4 aromatic rings. The molecule has 8 heteroatoms. The van der Waals surface area contributed by atoms with Crippen molar-refractivity contribution in [3.63, 3.8) is 0 Å². The summed E-state index contributed by atoms with van der Waals surface area (Å²) < 4.78 is 41.5. The number of nitrogens with zero attached hydrogens (tertiary/aromatic N) is 2. The predicted molar refractivity (Wildman–Crippen MR) is 112 cm³/mol. The topological polar surface area (TPSA) is 95.1 Å². The molecule has 0 aliphatic carbocycles. The molecule has 3 aromatic carbocycles. The highest BCUT2D eigenvalue weighted by Crippen LogP contribution is 2.27. The minimum Gasteiger partial charge on any atom is -0.322 e. The van der Waals surface area contributed by atoms with Gasteiger partial charge in [-0.15, -0.1) is 0 Å². The Hall–Kier alpha value is -3.36. The molecule has 30 heavy (non-hydrogen) atoms. The number of hydrogen-bond acceptors (Lipinski definition) is 5. The van der Waals surface area contributed by atoms with Crippen LogP contribution in [0, 0.1) is 5.82 Å². The summed E-state index contributed by atoms with van der Waals surface area (Å²) in [5, 5.41) is -0.0741. The lowest BCUT2D eigenvalue weighted by Crippen LogP contribution is -2.28. The second-order valence-corrected chi connectivity index (χ2v) is 8.76. The highest BCUT2D eigenvalue weighted by molar-refractivity contribution is 7.91. The zero-order valence-corrected chi connectivity index (χ0v) is 16.8. The summed E-state index contributed by atoms with van der Waals surface area (Å²) in [7, 11) is -3.99. The molecule has 6 nitrogen and oxygen atoms in total. The molecule has 0 aliphatic rings. The van der Waals surface area contributed by atoms with Gasteiger partial charge in [-0.25, -0.2) is 17.8 Å². The van der Waals surface area contributed by atoms with Crippen molar-refractivity contribution in [1.29, 1.82) is 0 Å². The number of benzene rings is 3. The van der Waals surface area contributed by atoms with Crippen LogP contribution in [0.4, 0.5) is 4.39 Å². The van der Waals surface area contributed by atoms with Crippen LogP contribution in [0.2, 0.25) is 0 Å². The zero-order chi connectivity index (χ0) is 21.5. The number of aromatic nitrogens is 2. The first-order chi connectivity index (χ1) is 14.3. The van der Waals surface area contributed by atoms with Gasteiger partial charge < -0.3 is 5.73 Å². The Morgan fingerprint density at radius 1 is 1.00 bits per heavy atom. The van der Waals surface area contributed by atoms with Gasteiger partial charge in [0.25, 0.3) is 5.56 Å². The predicted octanol–water partition coefficient (Wildman–Crippen LogP) is 3.38. The van der Waals surface area contributed by atoms with Gasteiger partial charge in [0.15, 0.2) is 0 Å². The van der Waals surface area contributed by atoms with Gasteiger partial charge in [0.05, 0.1) is 32.4 Å². The van der Waals surface area contributed by atoms with Crippen LogP contribution in [-0.4, -0.2) is 18.0 Å². The van der Waals surface area contributed by atoms with Gasteiger partial charge in [-0.2, -0.15) is 0 Å². The lowest BCUT2D eigenvalue weighted by molar-refractivity contribution is 0.596. The monoisotopic (exact) mass is 423 g/mol. The molecule has 0 fully saturated rings. The Balaban J connectivity index is 2.12. The second-order valence-electron chi connectivity index (χ2n) is 6.85. The molecule has 0 bridgehead atoms. The molecule has 2 N–H and O–H groups in total. The fraction of sp³-hybridized carbons (Fsp3) is 0.0909. The van der Waals surface area contributed by atoms with E-state index >= 15 is 0 Å². The molecule has 0 saturated heterocycles. The van der Waals surface area contributed by atoms with E-state index in [1.165, 1.54) is 53.1 Å². The molecule has 0 saturated carbocycles. The maximum Gasteiger partial charge on any atom is 0.267 e. The van der Waals surface area contributed by atoms with E-state index in [1.807, 2.05) is 0 Å². The Morgan fingerprint density at radius 2 is 1.70 bits per heavy atom. The van der Waals surface area contributed by atoms with Crippen LogP contribution in [0.25, 0.3) is 16.6 Å². The van der Waals surface area contributed by atoms with E-state index in [0.29, 0.717) is 0 Å². The van der Waals surface area contributed by atoms with E-state index in [1.54, 1.807) is 31.2 Å². The van der Waals surface area contributed by atoms with Crippen LogP contribution in [0.3, 0.4) is 0 Å². The van der Waals surface area contributed by atoms with Crippen molar-refractivity contribution in [2.75, 3.05) is 0 Å². The first-order valence-electron chi connectivity index (χ1n) is 9.18. The van der Waals surface area contributed by atoms with Crippen LogP contribution in [-0.2, 0) is 9.84 Å². The Kier molecular flexibility index (Phi) is 4.97. The highest BCUT2D eigenvalue weighted by atomic mass is 32.2. The van der Waals surface area contributed by atoms with Crippen molar-refractivity contribution in [2.45, 2.75) is 22.8 Å². The minimum absolute atomic E-state index is 0.0606. The third kappa shape index (κ3) is 3.30. The molecule has 1 heterocycles. The average molecular weight is 423 g/mol. The fourth-order valence-corrected chi connectivity index (χ4v) is 4.83. The van der Waals surface area contributed by atoms with Crippen LogP contribution < -0.4 is 11.3 Å². The largest absolute Gasteiger partial charge is 0.322 e. The Labute approximate surface area is 172 Å². The van der Waals surface area contributed by atoms with Crippen molar-refractivity contribution in [1.82, 2.24) is 9.55 Å². The third-order valence-corrected chi connectivity index (χ3v) is 6.51. The average Bonchev–Trinajstić information content (AvgIpc) is 2.73. The molecule has 0 aliphatic heterocycles. The maximum atomic E-state index is 13.9. The van der Waals surface area contributed by atoms with Gasteiger partial charge in [0.2, 0.25) is 9.84 Å². The highest BCUT2D eigenvalue weighted by Gasteiger charge is 2.25. The van der Waals surface area contributed by atoms with Crippen molar-refractivity contribution < 1.29 is 12.8 Å². The van der Waals surface area contributed by atoms with Gasteiger partial charge >= 0.3 is 0 Å². The van der Waals surface area contributed by atoms with Crippen molar-refractivity contribution in [2.24, 2.45) is 5.73 Å². The van der Waals surface area contributed by atoms with Crippen LogP contribution in [0.5, 0.6) is 0 Å². The van der Waals surface area contributed by atoms with Gasteiger partial charge in [0.1, 0.15) is 11.6 Å². The lowest BCUT2D eigenvalue weighted by atomic mass is 10.2. The summed E-state index contributed by atoms with van der Waals surface area (Å²) >= 11 is 0. The summed E-state index contributed by atoms with van der Waals surface area (Å²) in [6.07, 6.45) is 0. The molecule has 0 unspecified atom stereocenters. The molecule has 4 rings (SSSR count). The Morgan fingerprint density at radius 3 is 2.37 bits per heavy atom. The van der Waals surface area contributed by atoms with E-state index < -0.39 is 27.3 Å². The number of hydrogen-bond donors (Lipinski definition) is 1. The summed E-state index contributed by atoms with van der Waals surface area (Å²) in [5.74, 6) is -0.340. The molecule has 152 valence electrons. The third-order valence-electron chi connectivity index (χ3n) is 4.70. The molecule has 0 amide bonds. The second kappa shape index (κ2) is 7.47. The summed E-state index contributed by atoms with van der Waals surface area (Å²) in [6, 6.07) is 17.1. The number of halogens is 1. The van der Waals surface area contributed by atoms with Gasteiger partial charge in [-0.05, 0) is 49.4 Å². The van der Waals surface area contributed by atoms with E-state index in [0.717, 1.165) is 0 Å². The molecular weight excluding hydrogens is 405 g/mol. The van der Waals surface area contributed by atoms with Crippen molar-refractivity contribution in [3.05, 3.63) is 94.8 Å². The number of rotatable bonds is 4. The van der Waals surface area contributed by atoms with Gasteiger partial charge in [-0.3, -0.25) is 9.36 Å². The minimum atomic E-state index is -3.99. The molecule has 0 spiro atoms. The molecule has 1 aromatic heterocycles. The van der Waals surface area contributed by atoms with E-state index in [9.17, 15) is 17.6 Å². The normalized spacial score (nSPS) is 12.8. The lowest BCUT2D eigenvalue weighted by Gasteiger charge is -2.17. The SMILES string of the molecule is C[C@H](N)c1nc2cccc(S(=O)(=O)c3ccccc3)c2c(=O)n1-c1cccc(F)c1. The number of sulfone groups is 1. The van der Waals surface area contributed by atoms with Crippen molar-refractivity contribution in [3.8, 4) is 5.69 Å². The van der Waals surface area contributed by atoms with Crippen LogP contribution in [0.1, 0.15) is 18.8 Å². The zero-order valence-electron chi connectivity index (χ0n) is 16.0. The quantitative estimate of drug-likeness (QED) is 0.543. The summed E-state index contributed by atoms with van der Waals surface area (Å²) in [5.41, 5.74) is 5.82. The number of nitrogens with two attached hydrogens (primary N) is 1. The standard InChI is InChI=1S/C22H18FN3O3S/c1-14(24)21-25-18-11-6-12-19(30(28,29)17-9-3-2-4-10-17)20(18)22(27)26(21)16-8-5-7-15(23)13-16/h2-14H,24H2,1H3/t14-/m0/s1. The van der Waals surface area contributed by atoms with Crippen LogP contribution in [0.15, 0.2) is 87.4 Å². The van der Waals surface area contributed by atoms with Crippen molar-refractivity contribution >= 4 is 20.7 Å². The maximum absolute atomic E-state index is 13.9. The number of fused-ring (bicyclic) bond motifs is 1. The van der Waals surface area contributed by atoms with E-state index in [-0.39, 0.29) is 32.2 Å². The fourth-order valence-electron chi connectivity index (χ4n) is 3.34. The smallest absolute Gasteiger partial charge is 0.267 e. The molecular formula is C22H18FN3O3S. The van der Waals surface area contributed by atoms with E-state index in [4.69, 9.17) is 5.73 Å². The molecule has 1 atom stereocenters. The Bertz CT molecular complexity index is 1420. The molecule has 0 radical (unpaired) electrons. The van der Waals surface area contributed by atoms with Gasteiger partial charge in [0, 0.05) is 0 Å². The summed E-state index contributed by atoms with van der Waals surface area (Å²) in [4.78, 5) is 17.9.